The molecular formula is C16H20O3. The molecule has 2 atom stereocenters. The molecule has 1 unspecified atom stereocenters. The summed E-state index contributed by atoms with van der Waals surface area (Å²) in [6.07, 6.45) is 4.05. The normalized spacial score (nSPS) is 39.7. The first-order valence-electron chi connectivity index (χ1n) is 6.98. The van der Waals surface area contributed by atoms with Gasteiger partial charge in [0.1, 0.15) is 5.60 Å². The van der Waals surface area contributed by atoms with Crippen molar-refractivity contribution in [3.63, 3.8) is 0 Å². The van der Waals surface area contributed by atoms with E-state index in [1.807, 2.05) is 20.8 Å². The van der Waals surface area contributed by atoms with Crippen molar-refractivity contribution in [3.05, 3.63) is 22.8 Å². The Labute approximate surface area is 113 Å². The molecule has 3 aliphatic carbocycles. The van der Waals surface area contributed by atoms with Crippen LogP contribution in [0.2, 0.25) is 0 Å². The average Bonchev–Trinajstić information content (AvgIpc) is 3.12. The molecule has 1 spiro atoms. The zero-order valence-electron chi connectivity index (χ0n) is 12.0. The van der Waals surface area contributed by atoms with Crippen LogP contribution in [0.25, 0.3) is 0 Å². The van der Waals surface area contributed by atoms with Gasteiger partial charge < -0.3 is 5.11 Å². The number of Topliss-reactive ketones (excluding diaryl/α,β-unsaturated/α-hetero) is 2. The predicted octanol–water partition coefficient (Wildman–Crippen LogP) is 2.34. The SMILES string of the molecule is CCC1(C)C=C2C(=O)[C@](C)(O)C3(CC3)C(C)=C2C1=O. The number of carbonyl (C=O) groups is 2. The lowest BCUT2D eigenvalue weighted by atomic mass is 9.68. The van der Waals surface area contributed by atoms with Crippen molar-refractivity contribution in [1.82, 2.24) is 0 Å². The lowest BCUT2D eigenvalue weighted by molar-refractivity contribution is -0.138. The van der Waals surface area contributed by atoms with Gasteiger partial charge in [-0.1, -0.05) is 18.6 Å². The smallest absolute Gasteiger partial charge is 0.195 e. The predicted molar refractivity (Wildman–Crippen MR) is 71.5 cm³/mol. The van der Waals surface area contributed by atoms with E-state index in [-0.39, 0.29) is 11.6 Å². The van der Waals surface area contributed by atoms with Gasteiger partial charge in [0.25, 0.3) is 0 Å². The summed E-state index contributed by atoms with van der Waals surface area (Å²) in [7, 11) is 0. The van der Waals surface area contributed by atoms with Gasteiger partial charge in [0.15, 0.2) is 11.6 Å². The lowest BCUT2D eigenvalue weighted by Crippen LogP contribution is -2.49. The van der Waals surface area contributed by atoms with Crippen molar-refractivity contribution in [2.75, 3.05) is 0 Å². The first-order valence-corrected chi connectivity index (χ1v) is 6.98. The Morgan fingerprint density at radius 2 is 1.79 bits per heavy atom. The standard InChI is InChI=1S/C16H20O3/c1-5-14(3)8-10-11(13(14)18)9(2)16(6-7-16)15(4,19)12(10)17/h8,19H,5-7H2,1-4H3/t14?,15-/m0/s1. The number of hydrogen-bond acceptors (Lipinski definition) is 3. The van der Waals surface area contributed by atoms with E-state index in [0.717, 1.165) is 18.4 Å². The van der Waals surface area contributed by atoms with Crippen LogP contribution in [-0.4, -0.2) is 22.3 Å². The second kappa shape index (κ2) is 3.26. The number of hydrogen-bond donors (Lipinski definition) is 1. The maximum atomic E-state index is 12.6. The van der Waals surface area contributed by atoms with Gasteiger partial charge in [-0.25, -0.2) is 0 Å². The molecule has 0 aromatic carbocycles. The third kappa shape index (κ3) is 1.22. The lowest BCUT2D eigenvalue weighted by Gasteiger charge is -2.38. The monoisotopic (exact) mass is 260 g/mol. The minimum absolute atomic E-state index is 0.0534. The van der Waals surface area contributed by atoms with Gasteiger partial charge >= 0.3 is 0 Å². The van der Waals surface area contributed by atoms with E-state index in [2.05, 4.69) is 0 Å². The number of carbonyl (C=O) groups excluding carboxylic acids is 2. The molecule has 1 saturated carbocycles. The van der Waals surface area contributed by atoms with Crippen LogP contribution in [0.15, 0.2) is 22.8 Å². The van der Waals surface area contributed by atoms with Crippen LogP contribution in [0.1, 0.15) is 47.0 Å². The van der Waals surface area contributed by atoms with Crippen LogP contribution in [-0.2, 0) is 9.59 Å². The average molecular weight is 260 g/mol. The fourth-order valence-electron chi connectivity index (χ4n) is 3.75. The summed E-state index contributed by atoms with van der Waals surface area (Å²) in [6, 6.07) is 0. The van der Waals surface area contributed by atoms with Gasteiger partial charge in [0.2, 0.25) is 0 Å². The number of fused-ring (bicyclic) bond motifs is 1. The highest BCUT2D eigenvalue weighted by Crippen LogP contribution is 2.65. The Bertz CT molecular complexity index is 573. The molecule has 0 aromatic heterocycles. The molecule has 0 amide bonds. The van der Waals surface area contributed by atoms with Gasteiger partial charge in [-0.3, -0.25) is 9.59 Å². The van der Waals surface area contributed by atoms with Gasteiger partial charge in [0.05, 0.1) is 0 Å². The van der Waals surface area contributed by atoms with Crippen molar-refractivity contribution in [2.45, 2.75) is 52.6 Å². The fraction of sp³-hybridized carbons (Fsp3) is 0.625. The number of allylic oxidation sites excluding steroid dienone is 2. The highest BCUT2D eigenvalue weighted by Gasteiger charge is 2.66. The Kier molecular flexibility index (Phi) is 2.20. The van der Waals surface area contributed by atoms with E-state index in [1.54, 1.807) is 13.0 Å². The van der Waals surface area contributed by atoms with Crippen LogP contribution in [0, 0.1) is 10.8 Å². The molecular weight excluding hydrogens is 240 g/mol. The third-order valence-corrected chi connectivity index (χ3v) is 5.67. The Morgan fingerprint density at radius 3 is 2.26 bits per heavy atom. The van der Waals surface area contributed by atoms with E-state index in [9.17, 15) is 14.7 Å². The quantitative estimate of drug-likeness (QED) is 0.787. The molecule has 3 heteroatoms. The van der Waals surface area contributed by atoms with Gasteiger partial charge in [0, 0.05) is 22.0 Å². The molecule has 19 heavy (non-hydrogen) atoms. The van der Waals surface area contributed by atoms with E-state index in [4.69, 9.17) is 0 Å². The molecule has 0 bridgehead atoms. The Balaban J connectivity index is 2.28. The van der Waals surface area contributed by atoms with E-state index >= 15 is 0 Å². The summed E-state index contributed by atoms with van der Waals surface area (Å²) in [5.74, 6) is -0.214. The molecule has 0 radical (unpaired) electrons. The minimum atomic E-state index is -1.36. The molecule has 0 aliphatic heterocycles. The summed E-state index contributed by atoms with van der Waals surface area (Å²) < 4.78 is 0. The largest absolute Gasteiger partial charge is 0.381 e. The fourth-order valence-corrected chi connectivity index (χ4v) is 3.75. The van der Waals surface area contributed by atoms with Crippen molar-refractivity contribution in [3.8, 4) is 0 Å². The summed E-state index contributed by atoms with van der Waals surface area (Å²) in [6.45, 7) is 7.35. The van der Waals surface area contributed by atoms with Gasteiger partial charge in [-0.05, 0) is 40.0 Å². The van der Waals surface area contributed by atoms with E-state index < -0.39 is 16.4 Å². The Morgan fingerprint density at radius 1 is 1.21 bits per heavy atom. The van der Waals surface area contributed by atoms with Crippen molar-refractivity contribution in [2.24, 2.45) is 10.8 Å². The number of aliphatic hydroxyl groups is 1. The Hall–Kier alpha value is -1.22. The topological polar surface area (TPSA) is 54.4 Å². The molecule has 3 nitrogen and oxygen atoms in total. The van der Waals surface area contributed by atoms with Gasteiger partial charge in [-0.15, -0.1) is 0 Å². The van der Waals surface area contributed by atoms with Crippen molar-refractivity contribution in [1.29, 1.82) is 0 Å². The summed E-state index contributed by atoms with van der Waals surface area (Å²) in [5, 5.41) is 10.6. The van der Waals surface area contributed by atoms with Crippen molar-refractivity contribution >= 4 is 11.6 Å². The van der Waals surface area contributed by atoms with E-state index in [1.165, 1.54) is 0 Å². The summed E-state index contributed by atoms with van der Waals surface area (Å²) >= 11 is 0. The third-order valence-electron chi connectivity index (χ3n) is 5.67. The zero-order valence-corrected chi connectivity index (χ0v) is 12.0. The molecule has 1 fully saturated rings. The molecule has 0 saturated heterocycles. The van der Waals surface area contributed by atoms with Crippen molar-refractivity contribution < 1.29 is 14.7 Å². The molecule has 0 heterocycles. The maximum absolute atomic E-state index is 12.6. The van der Waals surface area contributed by atoms with Crippen LogP contribution in [0.5, 0.6) is 0 Å². The molecule has 3 rings (SSSR count). The highest BCUT2D eigenvalue weighted by molar-refractivity contribution is 6.23. The number of ketones is 2. The highest BCUT2D eigenvalue weighted by atomic mass is 16.3. The summed E-state index contributed by atoms with van der Waals surface area (Å²) in [4.78, 5) is 25.2. The van der Waals surface area contributed by atoms with Crippen LogP contribution in [0.3, 0.4) is 0 Å². The number of rotatable bonds is 1. The molecule has 102 valence electrons. The molecule has 3 aliphatic rings. The first kappa shape index (κ1) is 12.8. The summed E-state index contributed by atoms with van der Waals surface area (Å²) in [5.41, 5.74) is -0.451. The maximum Gasteiger partial charge on any atom is 0.195 e. The van der Waals surface area contributed by atoms with Gasteiger partial charge in [-0.2, -0.15) is 0 Å². The van der Waals surface area contributed by atoms with Crippen LogP contribution >= 0.6 is 0 Å². The molecule has 1 N–H and O–H groups in total. The van der Waals surface area contributed by atoms with Crippen LogP contribution < -0.4 is 0 Å². The second-order valence-corrected chi connectivity index (χ2v) is 6.64. The zero-order chi connectivity index (χ0) is 14.2. The van der Waals surface area contributed by atoms with Crippen LogP contribution in [0.4, 0.5) is 0 Å². The molecule has 0 aromatic rings. The second-order valence-electron chi connectivity index (χ2n) is 6.64. The van der Waals surface area contributed by atoms with E-state index in [0.29, 0.717) is 17.6 Å². The first-order chi connectivity index (χ1) is 8.71. The minimum Gasteiger partial charge on any atom is -0.381 e.